The predicted octanol–water partition coefficient (Wildman–Crippen LogP) is 2.68. The number of ether oxygens (including phenoxy) is 2. The Kier molecular flexibility index (Phi) is 9.47. The molecule has 0 saturated carbocycles. The van der Waals surface area contributed by atoms with E-state index in [1.807, 2.05) is 20.8 Å². The fraction of sp³-hybridized carbons (Fsp3) is 0.609. The van der Waals surface area contributed by atoms with Crippen LogP contribution >= 0.6 is 7.75 Å². The summed E-state index contributed by atoms with van der Waals surface area (Å²) >= 11 is 0. The van der Waals surface area contributed by atoms with Crippen LogP contribution in [0.5, 0.6) is 5.75 Å². The molecule has 0 radical (unpaired) electrons. The zero-order valence-electron chi connectivity index (χ0n) is 21.0. The van der Waals surface area contributed by atoms with E-state index >= 15 is 0 Å². The molecule has 1 aliphatic heterocycles. The summed E-state index contributed by atoms with van der Waals surface area (Å²) in [5.74, 6) is -1.71. The van der Waals surface area contributed by atoms with Crippen LogP contribution in [0.25, 0.3) is 0 Å². The van der Waals surface area contributed by atoms with Gasteiger partial charge in [-0.3, -0.25) is 23.4 Å². The van der Waals surface area contributed by atoms with Gasteiger partial charge in [-0.15, -0.1) is 0 Å². The van der Waals surface area contributed by atoms with Crippen LogP contribution in [0.15, 0.2) is 24.3 Å². The van der Waals surface area contributed by atoms with Gasteiger partial charge < -0.3 is 19.9 Å². The fourth-order valence-electron chi connectivity index (χ4n) is 3.25. The van der Waals surface area contributed by atoms with Gasteiger partial charge in [-0.25, -0.2) is 9.65 Å². The summed E-state index contributed by atoms with van der Waals surface area (Å²) in [7, 11) is -2.91. The molecule has 1 aromatic carbocycles. The molecule has 3 atom stereocenters. The van der Waals surface area contributed by atoms with Gasteiger partial charge in [0.1, 0.15) is 17.4 Å². The maximum atomic E-state index is 13.3. The second-order valence-corrected chi connectivity index (χ2v) is 11.7. The van der Waals surface area contributed by atoms with E-state index < -0.39 is 43.2 Å². The summed E-state index contributed by atoms with van der Waals surface area (Å²) in [5.41, 5.74) is -0.572. The van der Waals surface area contributed by atoms with Gasteiger partial charge >= 0.3 is 19.7 Å². The highest BCUT2D eigenvalue weighted by Crippen LogP contribution is 2.53. The number of esters is 1. The van der Waals surface area contributed by atoms with E-state index in [4.69, 9.17) is 13.8 Å². The number of carbonyl (C=O) groups excluding carboxylic acids is 2. The molecule has 0 bridgehead atoms. The monoisotopic (exact) mass is 514 g/mol. The quantitative estimate of drug-likeness (QED) is 0.314. The molecule has 1 unspecified atom stereocenters. The number of carboxylic acids is 1. The highest BCUT2D eigenvalue weighted by molar-refractivity contribution is 7.51. The third-order valence-electron chi connectivity index (χ3n) is 5.05. The van der Waals surface area contributed by atoms with Crippen LogP contribution in [-0.4, -0.2) is 61.0 Å². The maximum absolute atomic E-state index is 13.3. The highest BCUT2D eigenvalue weighted by Gasteiger charge is 2.49. The third-order valence-corrected chi connectivity index (χ3v) is 6.64. The predicted molar refractivity (Wildman–Crippen MR) is 127 cm³/mol. The number of methoxy groups -OCH3 is 1. The summed E-state index contributed by atoms with van der Waals surface area (Å²) in [5, 5.41) is 14.7. The SMILES string of the molecule is COC(=O)CCNC(=O)[C@@H]1OP(=O)(N[C@@H](Cc2ccc(OC(C)(C)C)cc2)C(=O)O)OCC1(C)C. The average Bonchev–Trinajstić information content (AvgIpc) is 2.75. The molecular weight excluding hydrogens is 479 g/mol. The Bertz CT molecular complexity index is 957. The number of nitrogens with one attached hydrogen (secondary N) is 2. The first-order valence-electron chi connectivity index (χ1n) is 11.2. The van der Waals surface area contributed by atoms with Crippen LogP contribution in [-0.2, 0) is 39.2 Å². The number of aliphatic carboxylic acids is 1. The van der Waals surface area contributed by atoms with Crippen LogP contribution in [0.1, 0.15) is 46.6 Å². The van der Waals surface area contributed by atoms with Gasteiger partial charge in [0.05, 0.1) is 20.1 Å². The molecule has 0 aliphatic carbocycles. The zero-order valence-corrected chi connectivity index (χ0v) is 21.8. The van der Waals surface area contributed by atoms with Crippen LogP contribution in [0.4, 0.5) is 0 Å². The van der Waals surface area contributed by atoms with Crippen molar-refractivity contribution in [1.29, 1.82) is 0 Å². The fourth-order valence-corrected chi connectivity index (χ4v) is 5.19. The van der Waals surface area contributed by atoms with E-state index in [0.29, 0.717) is 11.3 Å². The summed E-state index contributed by atoms with van der Waals surface area (Å²) in [6.07, 6.45) is -1.25. The van der Waals surface area contributed by atoms with Crippen molar-refractivity contribution in [2.75, 3.05) is 20.3 Å². The van der Waals surface area contributed by atoms with Gasteiger partial charge in [-0.2, -0.15) is 0 Å². The lowest BCUT2D eigenvalue weighted by Crippen LogP contribution is -2.52. The number of carbonyl (C=O) groups is 3. The third kappa shape index (κ3) is 8.92. The molecule has 11 nitrogen and oxygen atoms in total. The van der Waals surface area contributed by atoms with Crippen LogP contribution in [0, 0.1) is 5.41 Å². The maximum Gasteiger partial charge on any atom is 0.407 e. The van der Waals surface area contributed by atoms with Crippen LogP contribution in [0.3, 0.4) is 0 Å². The second-order valence-electron chi connectivity index (χ2n) is 9.94. The number of rotatable bonds is 10. The largest absolute Gasteiger partial charge is 0.488 e. The minimum atomic E-state index is -4.15. The van der Waals surface area contributed by atoms with Gasteiger partial charge in [0.15, 0.2) is 6.10 Å². The van der Waals surface area contributed by atoms with E-state index in [-0.39, 0.29) is 31.6 Å². The topological polar surface area (TPSA) is 149 Å². The van der Waals surface area contributed by atoms with Crippen LogP contribution in [0.2, 0.25) is 0 Å². The van der Waals surface area contributed by atoms with E-state index in [2.05, 4.69) is 15.1 Å². The molecule has 1 heterocycles. The van der Waals surface area contributed by atoms with Gasteiger partial charge in [-0.05, 0) is 44.9 Å². The van der Waals surface area contributed by atoms with Gasteiger partial charge in [-0.1, -0.05) is 26.0 Å². The summed E-state index contributed by atoms with van der Waals surface area (Å²) in [6.45, 7) is 9.03. The Morgan fingerprint density at radius 3 is 2.40 bits per heavy atom. The van der Waals surface area contributed by atoms with Crippen molar-refractivity contribution in [3.05, 3.63) is 29.8 Å². The van der Waals surface area contributed by atoms with Crippen molar-refractivity contribution in [3.63, 3.8) is 0 Å². The first-order chi connectivity index (χ1) is 16.1. The van der Waals surface area contributed by atoms with E-state index in [0.717, 1.165) is 0 Å². The van der Waals surface area contributed by atoms with E-state index in [9.17, 15) is 24.1 Å². The summed E-state index contributed by atoms with van der Waals surface area (Å²) in [4.78, 5) is 35.9. The molecule has 1 fully saturated rings. The van der Waals surface area contributed by atoms with Gasteiger partial charge in [0.2, 0.25) is 5.91 Å². The minimum absolute atomic E-state index is 0.00666. The van der Waals surface area contributed by atoms with Crippen molar-refractivity contribution in [2.45, 2.75) is 65.2 Å². The van der Waals surface area contributed by atoms with Gasteiger partial charge in [0.25, 0.3) is 0 Å². The molecule has 1 aliphatic rings. The van der Waals surface area contributed by atoms with Gasteiger partial charge in [0, 0.05) is 12.0 Å². The van der Waals surface area contributed by atoms with Crippen LogP contribution < -0.4 is 15.1 Å². The Hall–Kier alpha value is -2.46. The Balaban J connectivity index is 2.08. The zero-order chi connectivity index (χ0) is 26.4. The number of hydrogen-bond donors (Lipinski definition) is 3. The number of carboxylic acid groups (broad SMARTS) is 1. The van der Waals surface area contributed by atoms with Crippen molar-refractivity contribution in [3.8, 4) is 5.75 Å². The first kappa shape index (κ1) is 28.8. The molecule has 2 rings (SSSR count). The lowest BCUT2D eigenvalue weighted by molar-refractivity contribution is -0.141. The van der Waals surface area contributed by atoms with E-state index in [1.54, 1.807) is 38.1 Å². The van der Waals surface area contributed by atoms with E-state index in [1.165, 1.54) is 7.11 Å². The first-order valence-corrected chi connectivity index (χ1v) is 12.7. The number of benzene rings is 1. The van der Waals surface area contributed by atoms with Crippen molar-refractivity contribution < 1.29 is 42.6 Å². The smallest absolute Gasteiger partial charge is 0.407 e. The lowest BCUT2D eigenvalue weighted by atomic mass is 9.87. The molecule has 1 aromatic rings. The Labute approximate surface area is 205 Å². The molecular formula is C23H35N2O9P. The minimum Gasteiger partial charge on any atom is -0.488 e. The molecule has 1 saturated heterocycles. The van der Waals surface area contributed by atoms with Crippen molar-refractivity contribution in [2.24, 2.45) is 5.41 Å². The molecule has 1 amide bonds. The normalized spacial score (nSPS) is 22.6. The second kappa shape index (κ2) is 11.5. The number of hydrogen-bond acceptors (Lipinski definition) is 8. The Morgan fingerprint density at radius 2 is 1.86 bits per heavy atom. The average molecular weight is 515 g/mol. The molecule has 0 aromatic heterocycles. The molecule has 196 valence electrons. The highest BCUT2D eigenvalue weighted by atomic mass is 31.2. The van der Waals surface area contributed by atoms with Crippen molar-refractivity contribution >= 4 is 25.6 Å². The summed E-state index contributed by atoms with van der Waals surface area (Å²) < 4.78 is 34.5. The van der Waals surface area contributed by atoms with Crippen molar-refractivity contribution in [1.82, 2.24) is 10.4 Å². The molecule has 35 heavy (non-hydrogen) atoms. The summed E-state index contributed by atoms with van der Waals surface area (Å²) in [6, 6.07) is 5.59. The molecule has 0 spiro atoms. The molecule has 12 heteroatoms. The molecule has 3 N–H and O–H groups in total. The number of amides is 1. The lowest BCUT2D eigenvalue weighted by Gasteiger charge is -2.40. The standard InChI is InChI=1S/C23H35N2O9P/c1-22(2,3)33-16-9-7-15(8-10-16)13-17(21(28)29)25-35(30)32-14-23(4,5)19(34-35)20(27)24-12-11-18(26)31-6/h7-10,17,19H,11-14H2,1-6H3,(H,24,27)(H,25,30)(H,28,29)/t17-,19-,35?/m0/s1. The Morgan fingerprint density at radius 1 is 1.23 bits per heavy atom.